The Morgan fingerprint density at radius 1 is 1.21 bits per heavy atom. The quantitative estimate of drug-likeness (QED) is 0.736. The fraction of sp³-hybridized carbons (Fsp3) is 0.533. The first-order valence-corrected chi connectivity index (χ1v) is 6.83. The number of hydrogen-bond donors (Lipinski definition) is 0. The standard InChI is InChI=1S/C15H20BNO2/c1-10-17-12-7-6-11(8-13(12)18-10)16-9-14(2,3)15(4,5)19-16/h6-8H,9H2,1-5H3. The largest absolute Gasteiger partial charge is 0.441 e. The van der Waals surface area contributed by atoms with Crippen LogP contribution < -0.4 is 5.46 Å². The van der Waals surface area contributed by atoms with E-state index in [2.05, 4.69) is 44.8 Å². The van der Waals surface area contributed by atoms with Gasteiger partial charge in [-0.2, -0.15) is 0 Å². The van der Waals surface area contributed by atoms with Crippen molar-refractivity contribution in [2.45, 2.75) is 46.5 Å². The van der Waals surface area contributed by atoms with Crippen molar-refractivity contribution < 1.29 is 9.07 Å². The summed E-state index contributed by atoms with van der Waals surface area (Å²) in [5.74, 6) is 0.708. The average molecular weight is 257 g/mol. The molecule has 1 saturated heterocycles. The molecule has 3 nitrogen and oxygen atoms in total. The van der Waals surface area contributed by atoms with Crippen LogP contribution in [0.3, 0.4) is 0 Å². The molecule has 1 aliphatic heterocycles. The third kappa shape index (κ3) is 1.98. The van der Waals surface area contributed by atoms with Crippen LogP contribution in [0.4, 0.5) is 0 Å². The summed E-state index contributed by atoms with van der Waals surface area (Å²) in [6.45, 7) is 10.9. The summed E-state index contributed by atoms with van der Waals surface area (Å²) in [5, 5.41) is 0. The zero-order valence-electron chi connectivity index (χ0n) is 12.3. The van der Waals surface area contributed by atoms with Crippen molar-refractivity contribution in [3.8, 4) is 0 Å². The van der Waals surface area contributed by atoms with Gasteiger partial charge < -0.3 is 9.07 Å². The first-order chi connectivity index (χ1) is 8.78. The lowest BCUT2D eigenvalue weighted by molar-refractivity contribution is 0.0375. The molecule has 0 aliphatic carbocycles. The highest BCUT2D eigenvalue weighted by molar-refractivity contribution is 6.68. The molecule has 1 aromatic carbocycles. The second kappa shape index (κ2) is 3.86. The predicted molar refractivity (Wildman–Crippen MR) is 77.9 cm³/mol. The van der Waals surface area contributed by atoms with Crippen LogP contribution in [-0.2, 0) is 4.65 Å². The second-order valence-corrected chi connectivity index (χ2v) is 6.66. The molecule has 100 valence electrons. The second-order valence-electron chi connectivity index (χ2n) is 6.66. The van der Waals surface area contributed by atoms with Crippen molar-refractivity contribution in [2.24, 2.45) is 5.41 Å². The molecule has 1 aliphatic rings. The van der Waals surface area contributed by atoms with Gasteiger partial charge >= 0.3 is 6.92 Å². The van der Waals surface area contributed by atoms with Crippen LogP contribution in [0.25, 0.3) is 11.1 Å². The predicted octanol–water partition coefficient (Wildman–Crippen LogP) is 3.17. The Hall–Kier alpha value is -1.29. The summed E-state index contributed by atoms with van der Waals surface area (Å²) in [4.78, 5) is 4.33. The highest BCUT2D eigenvalue weighted by Gasteiger charge is 2.49. The minimum absolute atomic E-state index is 0.107. The summed E-state index contributed by atoms with van der Waals surface area (Å²) < 4.78 is 11.8. The third-order valence-electron chi connectivity index (χ3n) is 4.65. The van der Waals surface area contributed by atoms with Crippen LogP contribution in [0.1, 0.15) is 33.6 Å². The van der Waals surface area contributed by atoms with Gasteiger partial charge in [-0.05, 0) is 43.2 Å². The molecule has 0 radical (unpaired) electrons. The smallest absolute Gasteiger partial charge is 0.328 e. The molecule has 0 N–H and O–H groups in total. The molecular weight excluding hydrogens is 237 g/mol. The number of rotatable bonds is 1. The van der Waals surface area contributed by atoms with Crippen molar-refractivity contribution in [2.75, 3.05) is 0 Å². The number of benzene rings is 1. The molecule has 1 aromatic heterocycles. The summed E-state index contributed by atoms with van der Waals surface area (Å²) in [7, 11) is 0. The maximum Gasteiger partial charge on any atom is 0.328 e. The number of aromatic nitrogens is 1. The summed E-state index contributed by atoms with van der Waals surface area (Å²) >= 11 is 0. The van der Waals surface area contributed by atoms with E-state index in [1.807, 2.05) is 13.0 Å². The number of fused-ring (bicyclic) bond motifs is 1. The van der Waals surface area contributed by atoms with Gasteiger partial charge in [-0.15, -0.1) is 0 Å². The molecule has 2 heterocycles. The van der Waals surface area contributed by atoms with Crippen LogP contribution in [0.2, 0.25) is 6.32 Å². The molecule has 0 unspecified atom stereocenters. The van der Waals surface area contributed by atoms with Crippen LogP contribution >= 0.6 is 0 Å². The first kappa shape index (κ1) is 12.7. The highest BCUT2D eigenvalue weighted by atomic mass is 16.5. The van der Waals surface area contributed by atoms with E-state index in [-0.39, 0.29) is 17.9 Å². The van der Waals surface area contributed by atoms with Crippen molar-refractivity contribution in [3.63, 3.8) is 0 Å². The molecule has 4 heteroatoms. The number of nitrogens with zero attached hydrogens (tertiary/aromatic N) is 1. The molecule has 3 rings (SSSR count). The minimum atomic E-state index is -0.107. The zero-order chi connectivity index (χ0) is 13.8. The van der Waals surface area contributed by atoms with Crippen molar-refractivity contribution in [3.05, 3.63) is 24.1 Å². The molecule has 0 spiro atoms. The van der Waals surface area contributed by atoms with E-state index >= 15 is 0 Å². The lowest BCUT2D eigenvalue weighted by Crippen LogP contribution is -2.36. The van der Waals surface area contributed by atoms with E-state index in [4.69, 9.17) is 9.07 Å². The van der Waals surface area contributed by atoms with Crippen molar-refractivity contribution in [1.82, 2.24) is 4.98 Å². The normalized spacial score (nSPS) is 21.2. The Morgan fingerprint density at radius 3 is 2.58 bits per heavy atom. The monoisotopic (exact) mass is 257 g/mol. The van der Waals surface area contributed by atoms with Gasteiger partial charge in [-0.3, -0.25) is 0 Å². The van der Waals surface area contributed by atoms with Gasteiger partial charge in [0, 0.05) is 6.92 Å². The van der Waals surface area contributed by atoms with Gasteiger partial charge in [-0.1, -0.05) is 19.9 Å². The van der Waals surface area contributed by atoms with E-state index in [1.54, 1.807) is 0 Å². The van der Waals surface area contributed by atoms with E-state index < -0.39 is 0 Å². The van der Waals surface area contributed by atoms with E-state index in [0.717, 1.165) is 17.4 Å². The molecule has 1 fully saturated rings. The third-order valence-corrected chi connectivity index (χ3v) is 4.65. The maximum atomic E-state index is 6.24. The molecule has 0 atom stereocenters. The van der Waals surface area contributed by atoms with Crippen LogP contribution in [0.5, 0.6) is 0 Å². The van der Waals surface area contributed by atoms with Gasteiger partial charge in [0.15, 0.2) is 11.5 Å². The molecule has 0 amide bonds. The minimum Gasteiger partial charge on any atom is -0.441 e. The highest BCUT2D eigenvalue weighted by Crippen LogP contribution is 2.45. The molecule has 2 aromatic rings. The van der Waals surface area contributed by atoms with Gasteiger partial charge in [0.25, 0.3) is 0 Å². The van der Waals surface area contributed by atoms with Gasteiger partial charge in [-0.25, -0.2) is 4.98 Å². The van der Waals surface area contributed by atoms with E-state index in [9.17, 15) is 0 Å². The Labute approximate surface area is 114 Å². The number of aryl methyl sites for hydroxylation is 1. The summed E-state index contributed by atoms with van der Waals surface area (Å²) in [5.41, 5.74) is 3.01. The van der Waals surface area contributed by atoms with Gasteiger partial charge in [0.05, 0.1) is 5.60 Å². The Balaban J connectivity index is 1.97. The van der Waals surface area contributed by atoms with Crippen LogP contribution in [0, 0.1) is 12.3 Å². The number of hydrogen-bond acceptors (Lipinski definition) is 3. The molecule has 0 saturated carbocycles. The van der Waals surface area contributed by atoms with E-state index in [1.165, 1.54) is 5.46 Å². The lowest BCUT2D eigenvalue weighted by atomic mass is 9.54. The number of oxazole rings is 1. The average Bonchev–Trinajstić information content (AvgIpc) is 2.74. The lowest BCUT2D eigenvalue weighted by Gasteiger charge is -2.34. The SMILES string of the molecule is Cc1nc2ccc(B3CC(C)(C)C(C)(C)O3)cc2o1. The Morgan fingerprint density at radius 2 is 1.95 bits per heavy atom. The fourth-order valence-corrected chi connectivity index (χ4v) is 2.71. The zero-order valence-corrected chi connectivity index (χ0v) is 12.3. The van der Waals surface area contributed by atoms with Gasteiger partial charge in [0.1, 0.15) is 5.52 Å². The maximum absolute atomic E-state index is 6.24. The molecule has 0 bridgehead atoms. The first-order valence-electron chi connectivity index (χ1n) is 6.83. The van der Waals surface area contributed by atoms with E-state index in [0.29, 0.717) is 5.89 Å². The van der Waals surface area contributed by atoms with Crippen molar-refractivity contribution in [1.29, 1.82) is 0 Å². The fourth-order valence-electron chi connectivity index (χ4n) is 2.71. The summed E-state index contributed by atoms with van der Waals surface area (Å²) in [6, 6.07) is 6.19. The molecular formula is C15H20BNO2. The van der Waals surface area contributed by atoms with Crippen LogP contribution in [-0.4, -0.2) is 17.5 Å². The topological polar surface area (TPSA) is 35.3 Å². The Bertz CT molecular complexity index is 614. The molecule has 19 heavy (non-hydrogen) atoms. The Kier molecular flexibility index (Phi) is 2.58. The van der Waals surface area contributed by atoms with Crippen molar-refractivity contribution >= 4 is 23.5 Å². The van der Waals surface area contributed by atoms with Gasteiger partial charge in [0.2, 0.25) is 0 Å². The summed E-state index contributed by atoms with van der Waals surface area (Å²) in [6.07, 6.45) is 1.03. The van der Waals surface area contributed by atoms with Crippen LogP contribution in [0.15, 0.2) is 22.6 Å².